The molecule has 0 unspecified atom stereocenters. The van der Waals surface area contributed by atoms with Crippen LogP contribution in [0.3, 0.4) is 0 Å². The number of aromatic nitrogens is 4. The molecular weight excluding hydrogens is 715 g/mol. The SMILES string of the molecule is C[C@@H]1NC(=O)N[C@@H]1CCCCCC(=O)N(C)CCCCN(C)C/C=C/C(=O)N1C[C@@H](n2cc(-c3cccnc3)nn2)[C@H](OCc2ccc(C(F)(F)F)cc2)C1. The minimum absolute atomic E-state index is 0.0665. The number of alkyl halides is 3. The van der Waals surface area contributed by atoms with Crippen LogP contribution in [-0.4, -0.2) is 118 Å². The Balaban J connectivity index is 1.04. The molecular formula is C39H52F3N9O4. The molecule has 55 heavy (non-hydrogen) atoms. The van der Waals surface area contributed by atoms with E-state index < -0.39 is 17.8 Å². The van der Waals surface area contributed by atoms with Crippen LogP contribution >= 0.6 is 0 Å². The van der Waals surface area contributed by atoms with Crippen molar-refractivity contribution in [1.82, 2.24) is 45.3 Å². The third kappa shape index (κ3) is 12.3. The lowest BCUT2D eigenvalue weighted by Crippen LogP contribution is -2.30. The fourth-order valence-corrected chi connectivity index (χ4v) is 6.79. The number of ether oxygens (including phenoxy) is 1. The van der Waals surface area contributed by atoms with Crippen LogP contribution in [0.5, 0.6) is 0 Å². The minimum Gasteiger partial charge on any atom is -0.369 e. The predicted molar refractivity (Wildman–Crippen MR) is 200 cm³/mol. The molecule has 0 spiro atoms. The van der Waals surface area contributed by atoms with Gasteiger partial charge in [-0.1, -0.05) is 36.3 Å². The fraction of sp³-hybridized carbons (Fsp3) is 0.538. The number of hydrogen-bond acceptors (Lipinski definition) is 8. The summed E-state index contributed by atoms with van der Waals surface area (Å²) < 4.78 is 47.1. The lowest BCUT2D eigenvalue weighted by molar-refractivity contribution is -0.137. The molecule has 5 rings (SSSR count). The van der Waals surface area contributed by atoms with E-state index in [0.717, 1.165) is 62.8 Å². The summed E-state index contributed by atoms with van der Waals surface area (Å²) in [6.07, 6.45) is 9.58. The zero-order valence-corrected chi connectivity index (χ0v) is 31.8. The Kier molecular flexibility index (Phi) is 14.8. The van der Waals surface area contributed by atoms with Crippen LogP contribution in [0, 0.1) is 0 Å². The monoisotopic (exact) mass is 767 g/mol. The van der Waals surface area contributed by atoms with Crippen LogP contribution in [0.4, 0.5) is 18.0 Å². The largest absolute Gasteiger partial charge is 0.416 e. The Morgan fingerprint density at radius 3 is 2.51 bits per heavy atom. The molecule has 4 atom stereocenters. The van der Waals surface area contributed by atoms with Crippen LogP contribution < -0.4 is 10.6 Å². The number of carbonyl (C=O) groups is 3. The summed E-state index contributed by atoms with van der Waals surface area (Å²) in [5.74, 6) is -0.0308. The molecule has 0 aliphatic carbocycles. The van der Waals surface area contributed by atoms with Crippen molar-refractivity contribution in [3.63, 3.8) is 0 Å². The number of likely N-dealkylation sites (N-methyl/N-ethyl adjacent to an activating group) is 1. The molecule has 3 aromatic rings. The number of amides is 4. The second-order valence-corrected chi connectivity index (χ2v) is 14.5. The van der Waals surface area contributed by atoms with Crippen LogP contribution in [0.15, 0.2) is 67.1 Å². The molecule has 0 bridgehead atoms. The normalized spacial score (nSPS) is 20.0. The topological polar surface area (TPSA) is 138 Å². The van der Waals surface area contributed by atoms with Gasteiger partial charge >= 0.3 is 12.2 Å². The quantitative estimate of drug-likeness (QED) is 0.127. The molecule has 4 heterocycles. The summed E-state index contributed by atoms with van der Waals surface area (Å²) in [6, 6.07) is 8.34. The van der Waals surface area contributed by atoms with Crippen LogP contribution in [0.25, 0.3) is 11.3 Å². The molecule has 13 nitrogen and oxygen atoms in total. The molecule has 2 N–H and O–H groups in total. The van der Waals surface area contributed by atoms with Crippen molar-refractivity contribution in [3.05, 3.63) is 78.3 Å². The minimum atomic E-state index is -4.42. The van der Waals surface area contributed by atoms with E-state index in [1.165, 1.54) is 12.1 Å². The number of nitrogens with one attached hydrogen (secondary N) is 2. The fourth-order valence-electron chi connectivity index (χ4n) is 6.79. The van der Waals surface area contributed by atoms with Crippen LogP contribution in [0.2, 0.25) is 0 Å². The van der Waals surface area contributed by atoms with Gasteiger partial charge in [0.05, 0.1) is 36.6 Å². The van der Waals surface area contributed by atoms with Crippen LogP contribution in [0.1, 0.15) is 69.0 Å². The summed E-state index contributed by atoms with van der Waals surface area (Å²) in [4.78, 5) is 47.1. The van der Waals surface area contributed by atoms with E-state index in [9.17, 15) is 27.6 Å². The van der Waals surface area contributed by atoms with Gasteiger partial charge in [0.15, 0.2) is 0 Å². The van der Waals surface area contributed by atoms with E-state index in [4.69, 9.17) is 4.74 Å². The first-order valence-corrected chi connectivity index (χ1v) is 18.9. The number of halogens is 3. The first-order valence-electron chi connectivity index (χ1n) is 18.9. The maximum atomic E-state index is 13.3. The standard InChI is InChI=1S/C39H52F3N9O4/c1-28-32(45-38(54)44-28)12-5-4-6-13-36(52)49(3)22-8-7-20-48(2)21-10-14-37(53)50-25-34(51-24-33(46-47-51)30-11-9-19-43-23-30)35(26-50)55-27-29-15-17-31(18-16-29)39(40,41)42/h9-11,14-19,23-24,28,32,34-35H,4-8,12-13,20-22,25-27H2,1-3H3,(H2,44,45,54)/b14-10+/t28-,32+,34+,35+/m0/s1. The van der Waals surface area contributed by atoms with E-state index in [1.54, 1.807) is 45.2 Å². The first-order chi connectivity index (χ1) is 26.4. The Morgan fingerprint density at radius 2 is 1.80 bits per heavy atom. The number of hydrogen-bond donors (Lipinski definition) is 2. The number of pyridine rings is 1. The molecule has 2 aliphatic heterocycles. The van der Waals surface area contributed by atoms with Crippen molar-refractivity contribution in [2.45, 2.75) is 88.9 Å². The number of unbranched alkanes of at least 4 members (excludes halogenated alkanes) is 3. The van der Waals surface area contributed by atoms with Crippen molar-refractivity contribution in [3.8, 4) is 11.3 Å². The molecule has 2 aliphatic rings. The lowest BCUT2D eigenvalue weighted by atomic mass is 10.0. The van der Waals surface area contributed by atoms with Gasteiger partial charge in [0.25, 0.3) is 0 Å². The van der Waals surface area contributed by atoms with E-state index in [0.29, 0.717) is 37.3 Å². The van der Waals surface area contributed by atoms with Crippen LogP contribution in [-0.2, 0) is 27.1 Å². The Morgan fingerprint density at radius 1 is 1.02 bits per heavy atom. The molecule has 2 saturated heterocycles. The summed E-state index contributed by atoms with van der Waals surface area (Å²) in [5.41, 5.74) is 1.26. The summed E-state index contributed by atoms with van der Waals surface area (Å²) >= 11 is 0. The number of likely N-dealkylation sites (tertiary alicyclic amines) is 1. The van der Waals surface area contributed by atoms with E-state index in [-0.39, 0.29) is 49.1 Å². The van der Waals surface area contributed by atoms with Crippen molar-refractivity contribution < 1.29 is 32.3 Å². The maximum absolute atomic E-state index is 13.3. The average molecular weight is 768 g/mol. The maximum Gasteiger partial charge on any atom is 0.416 e. The molecule has 0 radical (unpaired) electrons. The highest BCUT2D eigenvalue weighted by Crippen LogP contribution is 2.30. The molecule has 1 aromatic carbocycles. The van der Waals surface area contributed by atoms with Gasteiger partial charge in [-0.2, -0.15) is 13.2 Å². The molecule has 16 heteroatoms. The Labute approximate surface area is 320 Å². The average Bonchev–Trinajstić information content (AvgIpc) is 3.90. The highest BCUT2D eigenvalue weighted by Gasteiger charge is 2.38. The number of benzene rings is 1. The van der Waals surface area contributed by atoms with Gasteiger partial charge in [0.2, 0.25) is 11.8 Å². The Hall–Kier alpha value is -4.83. The second kappa shape index (κ2) is 19.7. The zero-order chi connectivity index (χ0) is 39.4. The highest BCUT2D eigenvalue weighted by molar-refractivity contribution is 5.88. The smallest absolute Gasteiger partial charge is 0.369 e. The van der Waals surface area contributed by atoms with Gasteiger partial charge in [-0.05, 0) is 76.0 Å². The van der Waals surface area contributed by atoms with Crippen molar-refractivity contribution in [2.24, 2.45) is 0 Å². The first kappa shape index (κ1) is 41.3. The third-order valence-electron chi connectivity index (χ3n) is 10.2. The number of nitrogens with zero attached hydrogens (tertiary/aromatic N) is 7. The zero-order valence-electron chi connectivity index (χ0n) is 31.8. The van der Waals surface area contributed by atoms with Crippen molar-refractivity contribution >= 4 is 17.8 Å². The van der Waals surface area contributed by atoms with Gasteiger partial charge in [-0.3, -0.25) is 14.6 Å². The Bertz CT molecular complexity index is 1720. The van der Waals surface area contributed by atoms with E-state index in [1.807, 2.05) is 33.2 Å². The summed E-state index contributed by atoms with van der Waals surface area (Å²) in [7, 11) is 3.83. The third-order valence-corrected chi connectivity index (χ3v) is 10.2. The van der Waals surface area contributed by atoms with Crippen molar-refractivity contribution in [1.29, 1.82) is 0 Å². The van der Waals surface area contributed by atoms with Gasteiger partial charge in [0.1, 0.15) is 5.69 Å². The molecule has 298 valence electrons. The lowest BCUT2D eigenvalue weighted by Gasteiger charge is -2.19. The molecule has 0 saturated carbocycles. The van der Waals surface area contributed by atoms with Crippen molar-refractivity contribution in [2.75, 3.05) is 46.8 Å². The number of rotatable bonds is 19. The van der Waals surface area contributed by atoms with Gasteiger partial charge in [0, 0.05) is 69.7 Å². The number of carbonyl (C=O) groups excluding carboxylic acids is 3. The van der Waals surface area contributed by atoms with Gasteiger partial charge < -0.3 is 30.1 Å². The number of urea groups is 1. The van der Waals surface area contributed by atoms with Gasteiger partial charge in [-0.15, -0.1) is 5.10 Å². The molecule has 2 fully saturated rings. The summed E-state index contributed by atoms with van der Waals surface area (Å²) in [6.45, 7) is 4.72. The molecule has 2 aromatic heterocycles. The highest BCUT2D eigenvalue weighted by atomic mass is 19.4. The predicted octanol–water partition coefficient (Wildman–Crippen LogP) is 5.07. The van der Waals surface area contributed by atoms with E-state index in [2.05, 4.69) is 30.8 Å². The van der Waals surface area contributed by atoms with Gasteiger partial charge in [-0.25, -0.2) is 9.48 Å². The molecule has 4 amide bonds. The second-order valence-electron chi connectivity index (χ2n) is 14.5. The van der Waals surface area contributed by atoms with E-state index >= 15 is 0 Å². The summed E-state index contributed by atoms with van der Waals surface area (Å²) in [5, 5.41) is 14.4.